The van der Waals surface area contributed by atoms with E-state index in [2.05, 4.69) is 148 Å². The molecule has 1 N–H and O–H groups in total. The maximum atomic E-state index is 13.0. The molecule has 0 amide bonds. The molecule has 0 aliphatic heterocycles. The number of allylic oxidation sites excluding steroid dienone is 22. The number of esters is 2. The maximum absolute atomic E-state index is 13.0. The molecule has 0 aromatic rings. The van der Waals surface area contributed by atoms with Crippen molar-refractivity contribution in [3.8, 4) is 0 Å². The highest BCUT2D eigenvalue weighted by Crippen LogP contribution is 2.18. The van der Waals surface area contributed by atoms with Gasteiger partial charge in [0.25, 0.3) is 6.29 Å². The quantitative estimate of drug-likeness (QED) is 0.0211. The zero-order valence-electron chi connectivity index (χ0n) is 60.9. The van der Waals surface area contributed by atoms with Crippen LogP contribution < -0.4 is 0 Å². The van der Waals surface area contributed by atoms with E-state index in [1.807, 2.05) is 21.1 Å². The van der Waals surface area contributed by atoms with Crippen molar-refractivity contribution < 1.29 is 42.9 Å². The standard InChI is InChI=1S/C84H143NO8/c1-6-8-10-12-14-16-18-20-22-24-26-28-30-32-34-36-38-40-41-43-45-47-49-51-53-55-57-59-61-63-65-67-69-71-73-75-82(87)93-80(79-92-84(83(88)89)90-77-76-85(3,4)5)78-91-81(86)74-72-70-68-66-64-62-60-58-56-54-52-50-48-46-44-42-39-37-35-33-31-29-27-25-23-21-19-17-15-13-11-9-7-2/h8-11,14-17,20-23,26-29,32,34,38,40,43,45,80,84H,6-7,12-13,18-19,24-25,30-31,33,35-37,39,41-42,44,46-79H2,1-5H3/p+1/b10-8-,11-9-,16-14-,17-15-,22-20-,23-21-,28-26-,29-27-,34-32-,40-38-,45-43-. The molecule has 0 aromatic carbocycles. The third-order valence-corrected chi connectivity index (χ3v) is 16.4. The van der Waals surface area contributed by atoms with Gasteiger partial charge in [-0.1, -0.05) is 334 Å². The number of likely N-dealkylation sites (N-methyl/N-ethyl adjacent to an activating group) is 1. The van der Waals surface area contributed by atoms with Gasteiger partial charge in [0.2, 0.25) is 0 Å². The Bertz CT molecular complexity index is 2000. The van der Waals surface area contributed by atoms with E-state index in [-0.39, 0.29) is 32.2 Å². The van der Waals surface area contributed by atoms with Crippen LogP contribution in [0.4, 0.5) is 0 Å². The number of ether oxygens (including phenoxy) is 4. The molecule has 0 fully saturated rings. The van der Waals surface area contributed by atoms with Crippen LogP contribution in [0.25, 0.3) is 0 Å². The molecule has 2 unspecified atom stereocenters. The van der Waals surface area contributed by atoms with Crippen molar-refractivity contribution in [2.45, 2.75) is 334 Å². The van der Waals surface area contributed by atoms with E-state index in [9.17, 15) is 19.5 Å². The third-order valence-electron chi connectivity index (χ3n) is 16.4. The van der Waals surface area contributed by atoms with Crippen molar-refractivity contribution >= 4 is 17.9 Å². The van der Waals surface area contributed by atoms with Crippen LogP contribution in [0.15, 0.2) is 134 Å². The van der Waals surface area contributed by atoms with E-state index >= 15 is 0 Å². The smallest absolute Gasteiger partial charge is 0.361 e. The summed E-state index contributed by atoms with van der Waals surface area (Å²) in [6.45, 7) is 4.68. The minimum Gasteiger partial charge on any atom is -0.477 e. The van der Waals surface area contributed by atoms with Gasteiger partial charge in [-0.05, 0) is 109 Å². The van der Waals surface area contributed by atoms with Crippen molar-refractivity contribution in [2.24, 2.45) is 0 Å². The fraction of sp³-hybridized carbons (Fsp3) is 0.702. The normalized spacial score (nSPS) is 13.4. The van der Waals surface area contributed by atoms with E-state index in [0.29, 0.717) is 23.9 Å². The molecule has 0 aliphatic rings. The predicted octanol–water partition coefficient (Wildman–Crippen LogP) is 24.5. The van der Waals surface area contributed by atoms with Gasteiger partial charge in [-0.3, -0.25) is 9.59 Å². The molecule has 0 spiro atoms. The second-order valence-corrected chi connectivity index (χ2v) is 26.6. The van der Waals surface area contributed by atoms with Crippen molar-refractivity contribution in [1.29, 1.82) is 0 Å². The number of unbranched alkanes of at least 4 members (excludes halogenated alkanes) is 33. The molecule has 9 nitrogen and oxygen atoms in total. The first-order chi connectivity index (χ1) is 45.6. The van der Waals surface area contributed by atoms with Crippen LogP contribution in [0.3, 0.4) is 0 Å². The first-order valence-corrected chi connectivity index (χ1v) is 38.3. The van der Waals surface area contributed by atoms with E-state index < -0.39 is 24.3 Å². The minimum absolute atomic E-state index is 0.184. The minimum atomic E-state index is -1.52. The van der Waals surface area contributed by atoms with Crippen LogP contribution in [-0.2, 0) is 33.3 Å². The Morgan fingerprint density at radius 3 is 0.860 bits per heavy atom. The average Bonchev–Trinajstić information content (AvgIpc) is 3.74. The van der Waals surface area contributed by atoms with Crippen molar-refractivity contribution in [1.82, 2.24) is 0 Å². The van der Waals surface area contributed by atoms with Crippen LogP contribution in [0, 0.1) is 0 Å². The molecular weight excluding hydrogens is 1150 g/mol. The summed E-state index contributed by atoms with van der Waals surface area (Å²) in [7, 11) is 5.98. The van der Waals surface area contributed by atoms with Crippen molar-refractivity contribution in [3.63, 3.8) is 0 Å². The lowest BCUT2D eigenvalue weighted by atomic mass is 10.0. The van der Waals surface area contributed by atoms with Crippen LogP contribution >= 0.6 is 0 Å². The SMILES string of the molecule is CC/C=C\C/C=C\C/C=C\C/C=C\C/C=C\C/C=C\C/C=C\CCCCCCCCCCCCCCCC(=O)OC(COC(=O)CCCCCCCCCCCCCCCCCCCCCC/C=C\C/C=C\C/C=C\C/C=C\CC)COC(OCC[N+](C)(C)C)C(=O)O. The molecule has 0 bridgehead atoms. The van der Waals surface area contributed by atoms with Gasteiger partial charge in [0.15, 0.2) is 6.10 Å². The van der Waals surface area contributed by atoms with Gasteiger partial charge in [-0.25, -0.2) is 4.79 Å². The number of aliphatic carboxylic acids is 1. The summed E-state index contributed by atoms with van der Waals surface area (Å²) in [5.41, 5.74) is 0. The Labute approximate surface area is 573 Å². The Hall–Kier alpha value is -4.57. The van der Waals surface area contributed by atoms with Gasteiger partial charge >= 0.3 is 17.9 Å². The summed E-state index contributed by atoms with van der Waals surface area (Å²) in [4.78, 5) is 37.7. The van der Waals surface area contributed by atoms with Crippen LogP contribution in [0.5, 0.6) is 0 Å². The molecule has 93 heavy (non-hydrogen) atoms. The molecule has 0 rings (SSSR count). The fourth-order valence-corrected chi connectivity index (χ4v) is 10.6. The molecule has 2 atom stereocenters. The molecule has 0 aliphatic carbocycles. The maximum Gasteiger partial charge on any atom is 0.361 e. The van der Waals surface area contributed by atoms with Gasteiger partial charge in [0.1, 0.15) is 13.2 Å². The number of carbonyl (C=O) groups excluding carboxylic acids is 2. The lowest BCUT2D eigenvalue weighted by molar-refractivity contribution is -0.870. The second-order valence-electron chi connectivity index (χ2n) is 26.6. The molecule has 0 saturated heterocycles. The zero-order valence-corrected chi connectivity index (χ0v) is 60.9. The van der Waals surface area contributed by atoms with E-state index in [0.717, 1.165) is 109 Å². The Morgan fingerprint density at radius 1 is 0.323 bits per heavy atom. The number of nitrogens with zero attached hydrogens (tertiary/aromatic N) is 1. The number of carbonyl (C=O) groups is 3. The average molecular weight is 1300 g/mol. The topological polar surface area (TPSA) is 108 Å². The first kappa shape index (κ1) is 88.4. The Morgan fingerprint density at radius 2 is 0.581 bits per heavy atom. The lowest BCUT2D eigenvalue weighted by Crippen LogP contribution is -2.40. The van der Waals surface area contributed by atoms with E-state index in [1.54, 1.807) is 0 Å². The third kappa shape index (κ3) is 74.7. The fourth-order valence-electron chi connectivity index (χ4n) is 10.6. The molecule has 532 valence electrons. The van der Waals surface area contributed by atoms with Gasteiger partial charge in [-0.15, -0.1) is 0 Å². The molecule has 0 saturated carbocycles. The van der Waals surface area contributed by atoms with Crippen LogP contribution in [-0.4, -0.2) is 87.4 Å². The summed E-state index contributed by atoms with van der Waals surface area (Å²) < 4.78 is 23.0. The summed E-state index contributed by atoms with van der Waals surface area (Å²) in [5, 5.41) is 9.77. The van der Waals surface area contributed by atoms with Crippen molar-refractivity contribution in [3.05, 3.63) is 134 Å². The van der Waals surface area contributed by atoms with Gasteiger partial charge < -0.3 is 28.5 Å². The summed E-state index contributed by atoms with van der Waals surface area (Å²) in [5.74, 6) is -2.00. The summed E-state index contributed by atoms with van der Waals surface area (Å²) >= 11 is 0. The number of rotatable bonds is 70. The van der Waals surface area contributed by atoms with Crippen LogP contribution in [0.2, 0.25) is 0 Å². The molecular formula is C84H144NO8+. The predicted molar refractivity (Wildman–Crippen MR) is 401 cm³/mol. The molecule has 0 heterocycles. The summed E-state index contributed by atoms with van der Waals surface area (Å²) in [6.07, 6.45) is 103. The first-order valence-electron chi connectivity index (χ1n) is 38.3. The summed E-state index contributed by atoms with van der Waals surface area (Å²) in [6, 6.07) is 0. The number of carboxylic acid groups (broad SMARTS) is 1. The monoisotopic (exact) mass is 1300 g/mol. The number of hydrogen-bond donors (Lipinski definition) is 1. The highest BCUT2D eigenvalue weighted by molar-refractivity contribution is 5.71. The highest BCUT2D eigenvalue weighted by atomic mass is 16.7. The van der Waals surface area contributed by atoms with Gasteiger partial charge in [-0.2, -0.15) is 0 Å². The number of hydrogen-bond acceptors (Lipinski definition) is 7. The molecule has 0 aromatic heterocycles. The van der Waals surface area contributed by atoms with Gasteiger partial charge in [0, 0.05) is 12.8 Å². The van der Waals surface area contributed by atoms with Gasteiger partial charge in [0.05, 0.1) is 34.4 Å². The molecule has 0 radical (unpaired) electrons. The number of quaternary nitrogens is 1. The van der Waals surface area contributed by atoms with E-state index in [1.165, 1.54) is 180 Å². The zero-order chi connectivity index (χ0) is 67.5. The Balaban J connectivity index is 4.07. The Kier molecular flexibility index (Phi) is 69.6. The number of carboxylic acids is 1. The highest BCUT2D eigenvalue weighted by Gasteiger charge is 2.25. The van der Waals surface area contributed by atoms with Crippen LogP contribution in [0.1, 0.15) is 322 Å². The molecule has 9 heteroatoms. The largest absolute Gasteiger partial charge is 0.477 e. The second kappa shape index (κ2) is 73.2. The lowest BCUT2D eigenvalue weighted by Gasteiger charge is -2.25. The van der Waals surface area contributed by atoms with E-state index in [4.69, 9.17) is 18.9 Å². The van der Waals surface area contributed by atoms with Crippen molar-refractivity contribution in [2.75, 3.05) is 47.5 Å².